The van der Waals surface area contributed by atoms with Crippen LogP contribution in [0.25, 0.3) is 10.7 Å². The number of aromatic nitrogens is 3. The number of thiophene rings is 2. The first kappa shape index (κ1) is 13.7. The van der Waals surface area contributed by atoms with Gasteiger partial charge in [0.15, 0.2) is 10.6 Å². The maximum atomic E-state index is 5.40. The molecule has 20 heavy (non-hydrogen) atoms. The summed E-state index contributed by atoms with van der Waals surface area (Å²) in [5.41, 5.74) is 0.0300. The number of H-pyrrole nitrogens is 1. The first-order chi connectivity index (χ1) is 9.58. The fourth-order valence-corrected chi connectivity index (χ4v) is 3.96. The van der Waals surface area contributed by atoms with Crippen LogP contribution in [0.5, 0.6) is 0 Å². The smallest absolute Gasteiger partial charge is 0.195 e. The quantitative estimate of drug-likeness (QED) is 0.706. The molecule has 0 aliphatic carbocycles. The van der Waals surface area contributed by atoms with Crippen molar-refractivity contribution in [2.45, 2.75) is 25.8 Å². The highest BCUT2D eigenvalue weighted by atomic mass is 32.1. The van der Waals surface area contributed by atoms with Gasteiger partial charge in [-0.15, -0.1) is 22.7 Å². The van der Waals surface area contributed by atoms with Crippen molar-refractivity contribution in [3.8, 4) is 10.7 Å². The second-order valence-electron chi connectivity index (χ2n) is 5.28. The Bertz CT molecular complexity index is 733. The minimum atomic E-state index is 0.0300. The van der Waals surface area contributed by atoms with Gasteiger partial charge in [-0.05, 0) is 35.1 Å². The first-order valence-corrected chi connectivity index (χ1v) is 8.48. The molecule has 0 spiro atoms. The van der Waals surface area contributed by atoms with Crippen LogP contribution >= 0.6 is 34.9 Å². The van der Waals surface area contributed by atoms with E-state index < -0.39 is 0 Å². The van der Waals surface area contributed by atoms with Gasteiger partial charge in [0.25, 0.3) is 0 Å². The molecule has 0 radical (unpaired) electrons. The van der Waals surface area contributed by atoms with Crippen LogP contribution in [0.15, 0.2) is 35.0 Å². The molecule has 0 aliphatic heterocycles. The summed E-state index contributed by atoms with van der Waals surface area (Å²) in [6.07, 6.45) is 0. The molecular weight excluding hydrogens is 306 g/mol. The molecule has 104 valence electrons. The summed E-state index contributed by atoms with van der Waals surface area (Å²) in [7, 11) is 0. The van der Waals surface area contributed by atoms with Crippen molar-refractivity contribution in [2.75, 3.05) is 0 Å². The van der Waals surface area contributed by atoms with Gasteiger partial charge < -0.3 is 0 Å². The van der Waals surface area contributed by atoms with Crippen LogP contribution in [0.2, 0.25) is 0 Å². The Morgan fingerprint density at radius 3 is 2.65 bits per heavy atom. The maximum Gasteiger partial charge on any atom is 0.195 e. The molecule has 3 nitrogen and oxygen atoms in total. The minimum Gasteiger partial charge on any atom is -0.299 e. The van der Waals surface area contributed by atoms with Gasteiger partial charge in [-0.1, -0.05) is 26.0 Å². The van der Waals surface area contributed by atoms with Crippen LogP contribution in [0.1, 0.15) is 18.7 Å². The Hall–Kier alpha value is -1.24. The number of hydrogen-bond donors (Lipinski definition) is 1. The van der Waals surface area contributed by atoms with Crippen molar-refractivity contribution in [3.63, 3.8) is 0 Å². The minimum absolute atomic E-state index is 0.0300. The molecule has 3 heterocycles. The lowest BCUT2D eigenvalue weighted by Gasteiger charge is -2.24. The normalized spacial score (nSPS) is 11.9. The van der Waals surface area contributed by atoms with E-state index in [2.05, 4.69) is 57.6 Å². The van der Waals surface area contributed by atoms with E-state index in [1.165, 1.54) is 4.88 Å². The lowest BCUT2D eigenvalue weighted by atomic mass is 9.91. The zero-order valence-electron chi connectivity index (χ0n) is 11.3. The topological polar surface area (TPSA) is 33.6 Å². The van der Waals surface area contributed by atoms with Crippen LogP contribution in [0.4, 0.5) is 0 Å². The predicted molar refractivity (Wildman–Crippen MR) is 88.1 cm³/mol. The number of aromatic amines is 1. The molecule has 0 aliphatic rings. The van der Waals surface area contributed by atoms with Gasteiger partial charge in [0.1, 0.15) is 0 Å². The van der Waals surface area contributed by atoms with Crippen molar-refractivity contribution in [2.24, 2.45) is 0 Å². The zero-order chi connectivity index (χ0) is 14.2. The van der Waals surface area contributed by atoms with Crippen LogP contribution in [0, 0.1) is 4.77 Å². The van der Waals surface area contributed by atoms with Gasteiger partial charge in [0.05, 0.1) is 4.88 Å². The lowest BCUT2D eigenvalue weighted by Crippen LogP contribution is -2.23. The second kappa shape index (κ2) is 5.27. The van der Waals surface area contributed by atoms with Crippen molar-refractivity contribution < 1.29 is 0 Å². The van der Waals surface area contributed by atoms with Crippen LogP contribution in [-0.4, -0.2) is 14.8 Å². The van der Waals surface area contributed by atoms with Gasteiger partial charge in [-0.3, -0.25) is 9.67 Å². The molecule has 0 aromatic carbocycles. The van der Waals surface area contributed by atoms with E-state index in [4.69, 9.17) is 12.2 Å². The summed E-state index contributed by atoms with van der Waals surface area (Å²) in [5.74, 6) is 0.926. The highest BCUT2D eigenvalue weighted by Gasteiger charge is 2.24. The van der Waals surface area contributed by atoms with Gasteiger partial charge in [0.2, 0.25) is 0 Å². The molecule has 6 heteroatoms. The van der Waals surface area contributed by atoms with E-state index >= 15 is 0 Å². The van der Waals surface area contributed by atoms with Crippen molar-refractivity contribution in [3.05, 3.63) is 44.7 Å². The number of hydrogen-bond acceptors (Lipinski definition) is 4. The maximum absolute atomic E-state index is 5.40. The summed E-state index contributed by atoms with van der Waals surface area (Å²) in [6, 6.07) is 8.38. The Morgan fingerprint density at radius 2 is 2.00 bits per heavy atom. The molecular formula is C14H15N3S3. The Kier molecular flexibility index (Phi) is 3.62. The highest BCUT2D eigenvalue weighted by Crippen LogP contribution is 2.31. The fourth-order valence-electron chi connectivity index (χ4n) is 2.20. The van der Waals surface area contributed by atoms with Crippen LogP contribution in [0.3, 0.4) is 0 Å². The molecule has 1 N–H and O–H groups in total. The third kappa shape index (κ3) is 2.51. The molecule has 0 bridgehead atoms. The zero-order valence-corrected chi connectivity index (χ0v) is 13.7. The van der Waals surface area contributed by atoms with Crippen LogP contribution in [-0.2, 0) is 12.0 Å². The van der Waals surface area contributed by atoms with E-state index in [0.717, 1.165) is 17.2 Å². The molecule has 0 saturated carbocycles. The lowest BCUT2D eigenvalue weighted by molar-refractivity contribution is 0.442. The SMILES string of the molecule is CC(C)(Cn1c(-c2cccs2)n[nH]c1=S)c1cccs1. The molecule has 0 unspecified atom stereocenters. The molecule has 3 aromatic rings. The second-order valence-corrected chi connectivity index (χ2v) is 7.56. The van der Waals surface area contributed by atoms with E-state index in [0.29, 0.717) is 4.77 Å². The third-order valence-corrected chi connectivity index (χ3v) is 5.65. The average Bonchev–Trinajstić information content (AvgIpc) is 3.11. The van der Waals surface area contributed by atoms with E-state index in [-0.39, 0.29) is 5.41 Å². The first-order valence-electron chi connectivity index (χ1n) is 6.31. The Balaban J connectivity index is 2.00. The number of nitrogens with zero attached hydrogens (tertiary/aromatic N) is 2. The van der Waals surface area contributed by atoms with Gasteiger partial charge >= 0.3 is 0 Å². The molecule has 3 aromatic heterocycles. The molecule has 0 atom stereocenters. The number of nitrogens with one attached hydrogen (secondary N) is 1. The molecule has 0 fully saturated rings. The van der Waals surface area contributed by atoms with Gasteiger partial charge in [-0.25, -0.2) is 0 Å². The monoisotopic (exact) mass is 321 g/mol. The van der Waals surface area contributed by atoms with Crippen LogP contribution < -0.4 is 0 Å². The summed E-state index contributed by atoms with van der Waals surface area (Å²) in [6.45, 7) is 5.30. The number of rotatable bonds is 4. The third-order valence-electron chi connectivity index (χ3n) is 3.24. The van der Waals surface area contributed by atoms with Gasteiger partial charge in [0, 0.05) is 16.8 Å². The molecule has 0 saturated heterocycles. The van der Waals surface area contributed by atoms with Crippen molar-refractivity contribution in [1.82, 2.24) is 14.8 Å². The fraction of sp³-hybridized carbons (Fsp3) is 0.286. The predicted octanol–water partition coefficient (Wildman–Crippen LogP) is 4.71. The largest absolute Gasteiger partial charge is 0.299 e. The summed E-state index contributed by atoms with van der Waals surface area (Å²) < 4.78 is 2.78. The molecule has 0 amide bonds. The van der Waals surface area contributed by atoms with Crippen molar-refractivity contribution >= 4 is 34.9 Å². The van der Waals surface area contributed by atoms with Crippen molar-refractivity contribution in [1.29, 1.82) is 0 Å². The Morgan fingerprint density at radius 1 is 1.25 bits per heavy atom. The van der Waals surface area contributed by atoms with E-state index in [1.54, 1.807) is 22.7 Å². The van der Waals surface area contributed by atoms with E-state index in [9.17, 15) is 0 Å². The summed E-state index contributed by atoms with van der Waals surface area (Å²) >= 11 is 8.86. The Labute approximate surface area is 130 Å². The van der Waals surface area contributed by atoms with E-state index in [1.807, 2.05) is 6.07 Å². The average molecular weight is 321 g/mol. The van der Waals surface area contributed by atoms with Gasteiger partial charge in [-0.2, -0.15) is 5.10 Å². The summed E-state index contributed by atoms with van der Waals surface area (Å²) in [4.78, 5) is 2.50. The summed E-state index contributed by atoms with van der Waals surface area (Å²) in [5, 5.41) is 11.5. The molecule has 3 rings (SSSR count). The standard InChI is InChI=1S/C14H15N3S3/c1-14(2,11-6-4-8-20-11)9-17-12(15-16-13(17)18)10-5-3-7-19-10/h3-8H,9H2,1-2H3,(H,16,18). The highest BCUT2D eigenvalue weighted by molar-refractivity contribution is 7.71.